The van der Waals surface area contributed by atoms with Gasteiger partial charge in [-0.15, -0.1) is 0 Å². The van der Waals surface area contributed by atoms with Crippen LogP contribution < -0.4 is 5.73 Å². The minimum Gasteiger partial charge on any atom is -0.330 e. The lowest BCUT2D eigenvalue weighted by atomic mass is 10.0. The molecule has 0 radical (unpaired) electrons. The van der Waals surface area contributed by atoms with Gasteiger partial charge in [0.15, 0.2) is 0 Å². The fourth-order valence-electron chi connectivity index (χ4n) is 1.54. The summed E-state index contributed by atoms with van der Waals surface area (Å²) in [7, 11) is 0. The monoisotopic (exact) mass is 243 g/mol. The third-order valence-corrected chi connectivity index (χ3v) is 2.42. The quantitative estimate of drug-likeness (QED) is 0.804. The zero-order chi connectivity index (χ0) is 12.9. The van der Waals surface area contributed by atoms with E-state index in [-0.39, 0.29) is 0 Å². The van der Waals surface area contributed by atoms with Crippen LogP contribution >= 0.6 is 0 Å². The van der Waals surface area contributed by atoms with E-state index in [1.54, 1.807) is 0 Å². The van der Waals surface area contributed by atoms with Crippen LogP contribution in [0.4, 0.5) is 13.2 Å². The highest BCUT2D eigenvalue weighted by atomic mass is 19.4. The number of hydrogen-bond donors (Lipinski definition) is 1. The highest BCUT2D eigenvalue weighted by Crippen LogP contribution is 2.29. The van der Waals surface area contributed by atoms with Crippen molar-refractivity contribution in [3.63, 3.8) is 0 Å². The van der Waals surface area contributed by atoms with Gasteiger partial charge in [0, 0.05) is 0 Å². The summed E-state index contributed by atoms with van der Waals surface area (Å²) in [4.78, 5) is 0. The summed E-state index contributed by atoms with van der Waals surface area (Å²) in [6.45, 7) is 2.54. The Hall–Kier alpha value is -1.29. The van der Waals surface area contributed by atoms with E-state index >= 15 is 0 Å². The molecule has 1 aromatic carbocycles. The van der Waals surface area contributed by atoms with Crippen molar-refractivity contribution in [2.45, 2.75) is 25.9 Å². The summed E-state index contributed by atoms with van der Waals surface area (Å²) in [5, 5.41) is 0. The molecule has 0 amide bonds. The number of benzene rings is 1. The largest absolute Gasteiger partial charge is 0.416 e. The predicted octanol–water partition coefficient (Wildman–Crippen LogP) is 3.54. The summed E-state index contributed by atoms with van der Waals surface area (Å²) in [6.07, 6.45) is -0.786. The van der Waals surface area contributed by atoms with Gasteiger partial charge in [-0.05, 0) is 44.0 Å². The Kier molecular flexibility index (Phi) is 4.75. The van der Waals surface area contributed by atoms with Crippen molar-refractivity contribution in [3.05, 3.63) is 47.0 Å². The maximum atomic E-state index is 12.3. The molecule has 0 aliphatic rings. The molecule has 1 rings (SSSR count). The van der Waals surface area contributed by atoms with E-state index < -0.39 is 11.7 Å². The van der Waals surface area contributed by atoms with Crippen molar-refractivity contribution in [1.82, 2.24) is 0 Å². The summed E-state index contributed by atoms with van der Waals surface area (Å²) in [6, 6.07) is 5.27. The first-order valence-electron chi connectivity index (χ1n) is 5.45. The van der Waals surface area contributed by atoms with Gasteiger partial charge in [0.2, 0.25) is 0 Å². The topological polar surface area (TPSA) is 26.0 Å². The summed E-state index contributed by atoms with van der Waals surface area (Å²) in [5.74, 6) is 0. The summed E-state index contributed by atoms with van der Waals surface area (Å²) < 4.78 is 37.0. The van der Waals surface area contributed by atoms with Crippen LogP contribution in [0.15, 0.2) is 35.9 Å². The SMILES string of the molecule is CC(=CCCN)Cc1ccc(C(F)(F)F)cc1. The zero-order valence-electron chi connectivity index (χ0n) is 9.72. The lowest BCUT2D eigenvalue weighted by Crippen LogP contribution is -2.04. The molecule has 0 aliphatic heterocycles. The molecule has 0 spiro atoms. The first-order chi connectivity index (χ1) is 7.93. The lowest BCUT2D eigenvalue weighted by Gasteiger charge is -2.07. The normalized spacial score (nSPS) is 12.9. The van der Waals surface area contributed by atoms with E-state index in [0.717, 1.165) is 29.7 Å². The molecule has 4 heteroatoms. The number of allylic oxidation sites excluding steroid dienone is 1. The highest BCUT2D eigenvalue weighted by molar-refractivity contribution is 5.27. The van der Waals surface area contributed by atoms with E-state index in [9.17, 15) is 13.2 Å². The smallest absolute Gasteiger partial charge is 0.330 e. The standard InChI is InChI=1S/C13H16F3N/c1-10(3-2-8-17)9-11-4-6-12(7-5-11)13(14,15)16/h3-7H,2,8-9,17H2,1H3. The minimum absolute atomic E-state index is 0.588. The van der Waals surface area contributed by atoms with Crippen LogP contribution in [0, 0.1) is 0 Å². The van der Waals surface area contributed by atoms with Gasteiger partial charge in [-0.25, -0.2) is 0 Å². The third kappa shape index (κ3) is 4.61. The Bertz CT molecular complexity index is 377. The van der Waals surface area contributed by atoms with Crippen LogP contribution in [-0.4, -0.2) is 6.54 Å². The summed E-state index contributed by atoms with van der Waals surface area (Å²) in [5.41, 5.74) is 6.76. The van der Waals surface area contributed by atoms with E-state index in [1.165, 1.54) is 12.1 Å². The molecular weight excluding hydrogens is 227 g/mol. The average Bonchev–Trinajstić information content (AvgIpc) is 2.26. The molecule has 2 N–H and O–H groups in total. The van der Waals surface area contributed by atoms with Crippen molar-refractivity contribution in [2.24, 2.45) is 5.73 Å². The van der Waals surface area contributed by atoms with Gasteiger partial charge in [-0.2, -0.15) is 13.2 Å². The molecule has 1 nitrogen and oxygen atoms in total. The number of nitrogens with two attached hydrogens (primary N) is 1. The molecule has 0 heterocycles. The van der Waals surface area contributed by atoms with Gasteiger partial charge < -0.3 is 5.73 Å². The Morgan fingerprint density at radius 1 is 1.24 bits per heavy atom. The van der Waals surface area contributed by atoms with Gasteiger partial charge in [-0.3, -0.25) is 0 Å². The molecule has 0 saturated carbocycles. The molecule has 0 unspecified atom stereocenters. The van der Waals surface area contributed by atoms with E-state index in [1.807, 2.05) is 13.0 Å². The first kappa shape index (κ1) is 13.8. The minimum atomic E-state index is -4.26. The van der Waals surface area contributed by atoms with Crippen LogP contribution in [0.5, 0.6) is 0 Å². The van der Waals surface area contributed by atoms with Gasteiger partial charge >= 0.3 is 6.18 Å². The molecule has 0 aliphatic carbocycles. The first-order valence-corrected chi connectivity index (χ1v) is 5.45. The van der Waals surface area contributed by atoms with Crippen molar-refractivity contribution in [1.29, 1.82) is 0 Å². The van der Waals surface area contributed by atoms with Gasteiger partial charge in [-0.1, -0.05) is 23.8 Å². The lowest BCUT2D eigenvalue weighted by molar-refractivity contribution is -0.137. The van der Waals surface area contributed by atoms with Crippen molar-refractivity contribution < 1.29 is 13.2 Å². The molecule has 17 heavy (non-hydrogen) atoms. The van der Waals surface area contributed by atoms with Gasteiger partial charge in [0.1, 0.15) is 0 Å². The second kappa shape index (κ2) is 5.87. The van der Waals surface area contributed by atoms with Crippen molar-refractivity contribution in [3.8, 4) is 0 Å². The maximum absolute atomic E-state index is 12.3. The van der Waals surface area contributed by atoms with Crippen molar-refractivity contribution in [2.75, 3.05) is 6.54 Å². The second-order valence-electron chi connectivity index (χ2n) is 4.00. The number of alkyl halides is 3. The van der Waals surface area contributed by atoms with E-state index in [0.29, 0.717) is 13.0 Å². The van der Waals surface area contributed by atoms with Crippen LogP contribution in [0.25, 0.3) is 0 Å². The van der Waals surface area contributed by atoms with Crippen molar-refractivity contribution >= 4 is 0 Å². The molecule has 0 saturated heterocycles. The number of hydrogen-bond acceptors (Lipinski definition) is 1. The number of halogens is 3. The number of rotatable bonds is 4. The Morgan fingerprint density at radius 3 is 2.29 bits per heavy atom. The maximum Gasteiger partial charge on any atom is 0.416 e. The van der Waals surface area contributed by atoms with Gasteiger partial charge in [0.25, 0.3) is 0 Å². The molecule has 0 bridgehead atoms. The van der Waals surface area contributed by atoms with E-state index in [2.05, 4.69) is 0 Å². The molecule has 0 fully saturated rings. The van der Waals surface area contributed by atoms with Crippen LogP contribution in [0.2, 0.25) is 0 Å². The third-order valence-electron chi connectivity index (χ3n) is 2.42. The molecule has 0 atom stereocenters. The fourth-order valence-corrected chi connectivity index (χ4v) is 1.54. The van der Waals surface area contributed by atoms with Crippen LogP contribution in [0.1, 0.15) is 24.5 Å². The Labute approximate surface area is 99.1 Å². The molecular formula is C13H16F3N. The molecule has 0 aromatic heterocycles. The summed E-state index contributed by atoms with van der Waals surface area (Å²) >= 11 is 0. The van der Waals surface area contributed by atoms with E-state index in [4.69, 9.17) is 5.73 Å². The predicted molar refractivity (Wildman–Crippen MR) is 62.6 cm³/mol. The van der Waals surface area contributed by atoms with Crippen LogP contribution in [0.3, 0.4) is 0 Å². The highest BCUT2D eigenvalue weighted by Gasteiger charge is 2.29. The van der Waals surface area contributed by atoms with Crippen LogP contribution in [-0.2, 0) is 12.6 Å². The Morgan fingerprint density at radius 2 is 1.82 bits per heavy atom. The zero-order valence-corrected chi connectivity index (χ0v) is 9.72. The average molecular weight is 243 g/mol. The van der Waals surface area contributed by atoms with Gasteiger partial charge in [0.05, 0.1) is 5.56 Å². The molecule has 94 valence electrons. The Balaban J connectivity index is 2.69. The fraction of sp³-hybridized carbons (Fsp3) is 0.385. The molecule has 1 aromatic rings. The second-order valence-corrected chi connectivity index (χ2v) is 4.00.